The zero-order chi connectivity index (χ0) is 19.4. The van der Waals surface area contributed by atoms with E-state index in [4.69, 9.17) is 4.74 Å². The molecule has 29 heavy (non-hydrogen) atoms. The van der Waals surface area contributed by atoms with Gasteiger partial charge in [-0.15, -0.1) is 0 Å². The molecule has 1 aliphatic carbocycles. The van der Waals surface area contributed by atoms with Gasteiger partial charge in [-0.1, -0.05) is 30.2 Å². The molecule has 3 saturated heterocycles. The first-order valence-electron chi connectivity index (χ1n) is 11.7. The molecule has 4 heterocycles. The molecule has 4 heteroatoms. The molecule has 2 bridgehead atoms. The first-order valence-corrected chi connectivity index (χ1v) is 11.7. The maximum absolute atomic E-state index is 13.4. The Bertz CT molecular complexity index is 847. The van der Waals surface area contributed by atoms with Gasteiger partial charge < -0.3 is 9.64 Å². The van der Waals surface area contributed by atoms with Crippen LogP contribution in [0.4, 0.5) is 0 Å². The number of piperidine rings is 3. The molecular weight excluding hydrogens is 360 g/mol. The third-order valence-electron chi connectivity index (χ3n) is 8.09. The largest absolute Gasteiger partial charge is 0.493 e. The van der Waals surface area contributed by atoms with E-state index >= 15 is 0 Å². The van der Waals surface area contributed by atoms with E-state index in [1.54, 1.807) is 5.57 Å². The quantitative estimate of drug-likeness (QED) is 0.721. The van der Waals surface area contributed by atoms with Crippen molar-refractivity contribution in [3.63, 3.8) is 0 Å². The Hall–Kier alpha value is -1.81. The lowest BCUT2D eigenvalue weighted by atomic mass is 9.68. The van der Waals surface area contributed by atoms with Crippen LogP contribution in [-0.4, -0.2) is 54.0 Å². The van der Waals surface area contributed by atoms with Crippen molar-refractivity contribution in [2.75, 3.05) is 26.2 Å². The van der Waals surface area contributed by atoms with E-state index in [0.29, 0.717) is 24.3 Å². The average Bonchev–Trinajstić information content (AvgIpc) is 3.21. The van der Waals surface area contributed by atoms with Crippen molar-refractivity contribution in [3.05, 3.63) is 41.0 Å². The highest BCUT2D eigenvalue weighted by Gasteiger charge is 2.46. The predicted octanol–water partition coefficient (Wildman–Crippen LogP) is 3.59. The van der Waals surface area contributed by atoms with Crippen LogP contribution in [-0.2, 0) is 17.6 Å². The number of fused-ring (bicyclic) bond motifs is 7. The van der Waals surface area contributed by atoms with Crippen LogP contribution in [0, 0.1) is 11.8 Å². The van der Waals surface area contributed by atoms with Crippen LogP contribution in [0.15, 0.2) is 29.8 Å². The third kappa shape index (κ3) is 3.11. The number of hydrogen-bond donors (Lipinski definition) is 0. The summed E-state index contributed by atoms with van der Waals surface area (Å²) in [5.41, 5.74) is 3.99. The standard InChI is InChI=1S/C25H32N2O2/c28-24(13-17-6-7-23-18(12-17)8-11-29-23)27-10-3-4-19-14-20-15-21(25(19)27)16-26-9-2-1-5-22(20)26/h6-7,12,14,20-22,25H,1-5,8-11,13,15-16H2/t20-,21+,22?,25?/m1/s1. The Kier molecular flexibility index (Phi) is 4.44. The maximum atomic E-state index is 13.4. The second-order valence-corrected chi connectivity index (χ2v) is 9.81. The molecule has 0 N–H and O–H groups in total. The van der Waals surface area contributed by atoms with Crippen LogP contribution in [0.3, 0.4) is 0 Å². The van der Waals surface area contributed by atoms with Gasteiger partial charge in [-0.2, -0.15) is 0 Å². The Morgan fingerprint density at radius 1 is 1.14 bits per heavy atom. The predicted molar refractivity (Wildman–Crippen MR) is 113 cm³/mol. The zero-order valence-corrected chi connectivity index (χ0v) is 17.3. The number of carbonyl (C=O) groups is 1. The molecule has 1 aromatic rings. The minimum atomic E-state index is 0.318. The fourth-order valence-corrected chi connectivity index (χ4v) is 6.88. The van der Waals surface area contributed by atoms with E-state index in [0.717, 1.165) is 49.3 Å². The highest BCUT2D eigenvalue weighted by atomic mass is 16.5. The van der Waals surface area contributed by atoms with E-state index in [9.17, 15) is 4.79 Å². The monoisotopic (exact) mass is 392 g/mol. The lowest BCUT2D eigenvalue weighted by Crippen LogP contribution is -2.60. The summed E-state index contributed by atoms with van der Waals surface area (Å²) in [7, 11) is 0. The van der Waals surface area contributed by atoms with Crippen LogP contribution >= 0.6 is 0 Å². The first-order chi connectivity index (χ1) is 14.3. The molecule has 0 saturated carbocycles. The van der Waals surface area contributed by atoms with Crippen LogP contribution in [0.25, 0.3) is 0 Å². The minimum absolute atomic E-state index is 0.318. The summed E-state index contributed by atoms with van der Waals surface area (Å²) in [5, 5.41) is 0. The van der Waals surface area contributed by atoms with Gasteiger partial charge in [-0.3, -0.25) is 9.69 Å². The summed E-state index contributed by atoms with van der Waals surface area (Å²) in [6.45, 7) is 4.16. The van der Waals surface area contributed by atoms with E-state index in [-0.39, 0.29) is 0 Å². The van der Waals surface area contributed by atoms with Gasteiger partial charge in [0.25, 0.3) is 0 Å². The van der Waals surface area contributed by atoms with Crippen molar-refractivity contribution in [2.24, 2.45) is 11.8 Å². The molecule has 0 radical (unpaired) electrons. The van der Waals surface area contributed by atoms with Gasteiger partial charge >= 0.3 is 0 Å². The van der Waals surface area contributed by atoms with Gasteiger partial charge in [-0.25, -0.2) is 0 Å². The molecule has 3 fully saturated rings. The first kappa shape index (κ1) is 18.0. The van der Waals surface area contributed by atoms with E-state index in [1.165, 1.54) is 50.8 Å². The van der Waals surface area contributed by atoms with Crippen LogP contribution < -0.4 is 4.74 Å². The zero-order valence-electron chi connectivity index (χ0n) is 17.3. The van der Waals surface area contributed by atoms with Crippen molar-refractivity contribution in [1.29, 1.82) is 0 Å². The van der Waals surface area contributed by atoms with Gasteiger partial charge in [-0.05, 0) is 67.7 Å². The van der Waals surface area contributed by atoms with Crippen molar-refractivity contribution in [2.45, 2.75) is 63.5 Å². The van der Waals surface area contributed by atoms with Crippen LogP contribution in [0.2, 0.25) is 0 Å². The van der Waals surface area contributed by atoms with E-state index in [2.05, 4.69) is 34.1 Å². The van der Waals surface area contributed by atoms with Gasteiger partial charge in [0.15, 0.2) is 0 Å². The van der Waals surface area contributed by atoms with Gasteiger partial charge in [0.1, 0.15) is 5.75 Å². The molecule has 0 spiro atoms. The smallest absolute Gasteiger partial charge is 0.227 e. The third-order valence-corrected chi connectivity index (χ3v) is 8.09. The second-order valence-electron chi connectivity index (χ2n) is 9.81. The summed E-state index contributed by atoms with van der Waals surface area (Å²) >= 11 is 0. The Balaban J connectivity index is 1.24. The van der Waals surface area contributed by atoms with Crippen LogP contribution in [0.1, 0.15) is 49.7 Å². The van der Waals surface area contributed by atoms with Crippen molar-refractivity contribution in [1.82, 2.24) is 9.80 Å². The van der Waals surface area contributed by atoms with Crippen molar-refractivity contribution in [3.8, 4) is 5.75 Å². The van der Waals surface area contributed by atoms with E-state index < -0.39 is 0 Å². The molecule has 4 aliphatic heterocycles. The lowest BCUT2D eigenvalue weighted by molar-refractivity contribution is -0.135. The molecule has 6 rings (SSSR count). The number of nitrogens with zero attached hydrogens (tertiary/aromatic N) is 2. The van der Waals surface area contributed by atoms with Gasteiger partial charge in [0.05, 0.1) is 19.1 Å². The Morgan fingerprint density at radius 3 is 3.07 bits per heavy atom. The fraction of sp³-hybridized carbons (Fsp3) is 0.640. The SMILES string of the molecule is O=C(Cc1ccc2c(c1)CCO2)N1CCCC2=C[C@@H]3C[C@@H](CN4CCCCC34)C21. The Morgan fingerprint density at radius 2 is 2.10 bits per heavy atom. The highest BCUT2D eigenvalue weighted by molar-refractivity contribution is 5.80. The Labute approximate surface area is 173 Å². The molecule has 4 nitrogen and oxygen atoms in total. The van der Waals surface area contributed by atoms with Gasteiger partial charge in [0.2, 0.25) is 5.91 Å². The van der Waals surface area contributed by atoms with Crippen molar-refractivity contribution >= 4 is 5.91 Å². The normalized spacial score (nSPS) is 33.2. The highest BCUT2D eigenvalue weighted by Crippen LogP contribution is 2.45. The summed E-state index contributed by atoms with van der Waals surface area (Å²) < 4.78 is 5.63. The summed E-state index contributed by atoms with van der Waals surface area (Å²) in [6, 6.07) is 7.45. The average molecular weight is 393 g/mol. The molecule has 1 aromatic carbocycles. The molecule has 5 aliphatic rings. The molecule has 0 aromatic heterocycles. The lowest BCUT2D eigenvalue weighted by Gasteiger charge is -2.54. The molecule has 1 amide bonds. The summed E-state index contributed by atoms with van der Waals surface area (Å²) in [5.74, 6) is 2.68. The molecular formula is C25H32N2O2. The number of hydrogen-bond acceptors (Lipinski definition) is 3. The molecule has 4 atom stereocenters. The fourth-order valence-electron chi connectivity index (χ4n) is 6.88. The number of likely N-dealkylation sites (tertiary alicyclic amines) is 1. The molecule has 2 unspecified atom stereocenters. The summed E-state index contributed by atoms with van der Waals surface area (Å²) in [4.78, 5) is 18.4. The summed E-state index contributed by atoms with van der Waals surface area (Å²) in [6.07, 6.45) is 11.8. The second kappa shape index (κ2) is 7.16. The number of rotatable bonds is 2. The van der Waals surface area contributed by atoms with Gasteiger partial charge in [0, 0.05) is 25.6 Å². The minimum Gasteiger partial charge on any atom is -0.493 e. The molecule has 154 valence electrons. The number of ether oxygens (including phenoxy) is 1. The topological polar surface area (TPSA) is 32.8 Å². The van der Waals surface area contributed by atoms with Crippen molar-refractivity contribution < 1.29 is 9.53 Å². The maximum Gasteiger partial charge on any atom is 0.227 e. The number of benzene rings is 1. The van der Waals surface area contributed by atoms with E-state index in [1.807, 2.05) is 0 Å². The number of amides is 1. The number of carbonyl (C=O) groups excluding carboxylic acids is 1. The van der Waals surface area contributed by atoms with Crippen LogP contribution in [0.5, 0.6) is 5.75 Å².